The molecular weight excluding hydrogens is 417 g/mol. The number of aliphatic hydroxyl groups excluding tert-OH is 1. The van der Waals surface area contributed by atoms with Crippen LogP contribution in [0.4, 0.5) is 0 Å². The molecule has 0 spiro atoms. The number of methoxy groups -OCH3 is 1. The number of ether oxygens (including phenoxy) is 1. The number of aliphatic hydroxyl groups is 1. The van der Waals surface area contributed by atoms with Crippen molar-refractivity contribution in [3.63, 3.8) is 0 Å². The zero-order valence-electron chi connectivity index (χ0n) is 9.44. The highest BCUT2D eigenvalue weighted by atomic mass is 127. The Morgan fingerprint density at radius 1 is 1.56 bits per heavy atom. The lowest BCUT2D eigenvalue weighted by molar-refractivity contribution is -0.143. The number of benzene rings is 1. The van der Waals surface area contributed by atoms with Crippen molar-refractivity contribution in [1.29, 1.82) is 0 Å². The second kappa shape index (κ2) is 7.05. The molecule has 18 heavy (non-hydrogen) atoms. The van der Waals surface area contributed by atoms with E-state index in [-0.39, 0.29) is 0 Å². The molecule has 0 saturated heterocycles. The normalized spacial score (nSPS) is 11.8. The maximum atomic E-state index is 12.0. The van der Waals surface area contributed by atoms with Gasteiger partial charge < -0.3 is 15.2 Å². The van der Waals surface area contributed by atoms with E-state index in [1.807, 2.05) is 28.7 Å². The molecule has 98 valence electrons. The molecule has 1 aromatic rings. The summed E-state index contributed by atoms with van der Waals surface area (Å²) in [6.07, 6.45) is 0. The largest absolute Gasteiger partial charge is 0.467 e. The molecule has 1 rings (SSSR count). The first kappa shape index (κ1) is 15.4. The Balaban J connectivity index is 2.87. The summed E-state index contributed by atoms with van der Waals surface area (Å²) in [5.74, 6) is -1.12. The Kier molecular flexibility index (Phi) is 6.03. The van der Waals surface area contributed by atoms with Gasteiger partial charge in [-0.2, -0.15) is 0 Å². The Hall–Kier alpha value is -0.670. The number of carbonyl (C=O) groups excluding carboxylic acids is 2. The monoisotopic (exact) mass is 427 g/mol. The number of nitrogens with one attached hydrogen (secondary N) is 1. The van der Waals surface area contributed by atoms with Gasteiger partial charge in [-0.15, -0.1) is 0 Å². The molecule has 5 nitrogen and oxygen atoms in total. The van der Waals surface area contributed by atoms with E-state index < -0.39 is 24.5 Å². The van der Waals surface area contributed by atoms with E-state index in [2.05, 4.69) is 26.0 Å². The fourth-order valence-corrected chi connectivity index (χ4v) is 2.17. The summed E-state index contributed by atoms with van der Waals surface area (Å²) in [4.78, 5) is 23.2. The quantitative estimate of drug-likeness (QED) is 0.561. The SMILES string of the molecule is COC(=O)[C@H](CO)NC(=O)c1cc(Br)ccc1I. The van der Waals surface area contributed by atoms with Crippen LogP contribution in [0.3, 0.4) is 0 Å². The van der Waals surface area contributed by atoms with E-state index in [9.17, 15) is 9.59 Å². The first-order valence-corrected chi connectivity index (χ1v) is 6.81. The Bertz CT molecular complexity index is 466. The van der Waals surface area contributed by atoms with Crippen molar-refractivity contribution in [3.8, 4) is 0 Å². The third kappa shape index (κ3) is 3.92. The number of hydrogen-bond acceptors (Lipinski definition) is 4. The van der Waals surface area contributed by atoms with Crippen LogP contribution in [-0.4, -0.2) is 36.7 Å². The zero-order valence-corrected chi connectivity index (χ0v) is 13.2. The molecule has 0 aliphatic heterocycles. The van der Waals surface area contributed by atoms with Gasteiger partial charge in [0.1, 0.15) is 0 Å². The predicted octanol–water partition coefficient (Wildman–Crippen LogP) is 1.32. The molecule has 0 aliphatic carbocycles. The van der Waals surface area contributed by atoms with E-state index in [1.54, 1.807) is 12.1 Å². The molecular formula is C11H11BrINO4. The lowest BCUT2D eigenvalue weighted by Gasteiger charge is -2.14. The lowest BCUT2D eigenvalue weighted by Crippen LogP contribution is -2.44. The highest BCUT2D eigenvalue weighted by molar-refractivity contribution is 14.1. The van der Waals surface area contributed by atoms with Crippen LogP contribution in [0.25, 0.3) is 0 Å². The molecule has 0 aliphatic rings. The zero-order chi connectivity index (χ0) is 13.7. The highest BCUT2D eigenvalue weighted by Crippen LogP contribution is 2.18. The van der Waals surface area contributed by atoms with Gasteiger partial charge in [0, 0.05) is 8.04 Å². The molecule has 0 saturated carbocycles. The summed E-state index contributed by atoms with van der Waals surface area (Å²) >= 11 is 5.28. The Morgan fingerprint density at radius 2 is 2.22 bits per heavy atom. The van der Waals surface area contributed by atoms with Crippen molar-refractivity contribution in [2.75, 3.05) is 13.7 Å². The van der Waals surface area contributed by atoms with E-state index >= 15 is 0 Å². The Labute approximate surface area is 126 Å². The first-order chi connectivity index (χ1) is 8.49. The topological polar surface area (TPSA) is 75.6 Å². The van der Waals surface area contributed by atoms with Crippen LogP contribution in [0.1, 0.15) is 10.4 Å². The Morgan fingerprint density at radius 3 is 2.78 bits per heavy atom. The van der Waals surface area contributed by atoms with Crippen molar-refractivity contribution >= 4 is 50.4 Å². The van der Waals surface area contributed by atoms with Gasteiger partial charge in [-0.05, 0) is 40.8 Å². The summed E-state index contributed by atoms with van der Waals surface area (Å²) in [6, 6.07) is 4.16. The second-order valence-corrected chi connectivity index (χ2v) is 5.43. The maximum Gasteiger partial charge on any atom is 0.330 e. The van der Waals surface area contributed by atoms with E-state index in [1.165, 1.54) is 7.11 Å². The van der Waals surface area contributed by atoms with Gasteiger partial charge in [0.2, 0.25) is 0 Å². The molecule has 7 heteroatoms. The van der Waals surface area contributed by atoms with Gasteiger partial charge in [0.25, 0.3) is 5.91 Å². The molecule has 1 atom stereocenters. The van der Waals surface area contributed by atoms with E-state index in [0.29, 0.717) is 5.56 Å². The fraction of sp³-hybridized carbons (Fsp3) is 0.273. The van der Waals surface area contributed by atoms with E-state index in [0.717, 1.165) is 8.04 Å². The van der Waals surface area contributed by atoms with Crippen LogP contribution in [0.15, 0.2) is 22.7 Å². The van der Waals surface area contributed by atoms with Gasteiger partial charge in [-0.1, -0.05) is 15.9 Å². The molecule has 1 amide bonds. The average Bonchev–Trinajstić information content (AvgIpc) is 2.37. The number of rotatable bonds is 4. The summed E-state index contributed by atoms with van der Waals surface area (Å²) in [6.45, 7) is -0.511. The van der Waals surface area contributed by atoms with Gasteiger partial charge in [-0.3, -0.25) is 4.79 Å². The van der Waals surface area contributed by atoms with Crippen LogP contribution < -0.4 is 5.32 Å². The summed E-state index contributed by atoms with van der Waals surface area (Å²) < 4.78 is 5.97. The van der Waals surface area contributed by atoms with Crippen LogP contribution in [0, 0.1) is 3.57 Å². The van der Waals surface area contributed by atoms with Crippen molar-refractivity contribution in [3.05, 3.63) is 31.8 Å². The number of hydrogen-bond donors (Lipinski definition) is 2. The highest BCUT2D eigenvalue weighted by Gasteiger charge is 2.22. The third-order valence-electron chi connectivity index (χ3n) is 2.15. The van der Waals surface area contributed by atoms with Crippen LogP contribution in [0.2, 0.25) is 0 Å². The number of esters is 1. The van der Waals surface area contributed by atoms with Crippen molar-refractivity contribution in [2.24, 2.45) is 0 Å². The molecule has 1 aromatic carbocycles. The van der Waals surface area contributed by atoms with Crippen molar-refractivity contribution in [2.45, 2.75) is 6.04 Å². The van der Waals surface area contributed by atoms with Gasteiger partial charge in [-0.25, -0.2) is 4.79 Å². The molecule has 0 heterocycles. The third-order valence-corrected chi connectivity index (χ3v) is 3.58. The fourth-order valence-electron chi connectivity index (χ4n) is 1.23. The minimum atomic E-state index is -1.06. The van der Waals surface area contributed by atoms with Gasteiger partial charge in [0.05, 0.1) is 19.3 Å². The number of carbonyl (C=O) groups is 2. The average molecular weight is 428 g/mol. The summed E-state index contributed by atoms with van der Waals surface area (Å²) in [5.41, 5.74) is 0.423. The number of halogens is 2. The van der Waals surface area contributed by atoms with Gasteiger partial charge in [0.15, 0.2) is 6.04 Å². The molecule has 0 aromatic heterocycles. The lowest BCUT2D eigenvalue weighted by atomic mass is 10.2. The van der Waals surface area contributed by atoms with Gasteiger partial charge >= 0.3 is 5.97 Å². The predicted molar refractivity (Wildman–Crippen MR) is 77.2 cm³/mol. The van der Waals surface area contributed by atoms with Crippen LogP contribution >= 0.6 is 38.5 Å². The van der Waals surface area contributed by atoms with Crippen LogP contribution in [-0.2, 0) is 9.53 Å². The molecule has 0 fully saturated rings. The molecule has 2 N–H and O–H groups in total. The summed E-state index contributed by atoms with van der Waals surface area (Å²) in [5, 5.41) is 11.4. The van der Waals surface area contributed by atoms with E-state index in [4.69, 9.17) is 5.11 Å². The molecule has 0 radical (unpaired) electrons. The van der Waals surface area contributed by atoms with Crippen molar-refractivity contribution < 1.29 is 19.4 Å². The van der Waals surface area contributed by atoms with Crippen molar-refractivity contribution in [1.82, 2.24) is 5.32 Å². The maximum absolute atomic E-state index is 12.0. The second-order valence-electron chi connectivity index (χ2n) is 3.36. The van der Waals surface area contributed by atoms with Crippen LogP contribution in [0.5, 0.6) is 0 Å². The number of amides is 1. The minimum Gasteiger partial charge on any atom is -0.467 e. The smallest absolute Gasteiger partial charge is 0.330 e. The minimum absolute atomic E-state index is 0.423. The standard InChI is InChI=1S/C11H11BrINO4/c1-18-11(17)9(5-15)14-10(16)7-4-6(12)2-3-8(7)13/h2-4,9,15H,5H2,1H3,(H,14,16)/t9-/m0/s1. The first-order valence-electron chi connectivity index (χ1n) is 4.94. The summed E-state index contributed by atoms with van der Waals surface area (Å²) in [7, 11) is 1.19. The molecule has 0 unspecified atom stereocenters. The molecule has 0 bridgehead atoms.